The van der Waals surface area contributed by atoms with Crippen molar-refractivity contribution in [2.75, 3.05) is 26.2 Å². The van der Waals surface area contributed by atoms with Crippen molar-refractivity contribution in [1.82, 2.24) is 9.21 Å². The van der Waals surface area contributed by atoms with E-state index in [1.54, 1.807) is 16.4 Å². The van der Waals surface area contributed by atoms with Crippen LogP contribution in [0.5, 0.6) is 0 Å². The normalized spacial score (nSPS) is 22.8. The Morgan fingerprint density at radius 2 is 1.61 bits per heavy atom. The van der Waals surface area contributed by atoms with Crippen LogP contribution < -0.4 is 0 Å². The molecule has 1 aliphatic heterocycles. The number of benzene rings is 1. The molecular formula is C18H28N2O2S. The lowest BCUT2D eigenvalue weighted by Gasteiger charge is -2.38. The van der Waals surface area contributed by atoms with Crippen LogP contribution in [-0.4, -0.2) is 49.8 Å². The highest BCUT2D eigenvalue weighted by Gasteiger charge is 2.31. The van der Waals surface area contributed by atoms with Gasteiger partial charge >= 0.3 is 0 Å². The molecule has 0 amide bonds. The zero-order valence-corrected chi connectivity index (χ0v) is 14.9. The first-order valence-corrected chi connectivity index (χ1v) is 10.3. The molecule has 3 rings (SSSR count). The van der Waals surface area contributed by atoms with E-state index >= 15 is 0 Å². The van der Waals surface area contributed by atoms with Gasteiger partial charge in [0.05, 0.1) is 4.90 Å². The Hall–Kier alpha value is -0.910. The molecule has 1 aromatic rings. The molecule has 2 fully saturated rings. The molecule has 0 unspecified atom stereocenters. The topological polar surface area (TPSA) is 40.6 Å². The van der Waals surface area contributed by atoms with Gasteiger partial charge in [0.1, 0.15) is 0 Å². The predicted octanol–water partition coefficient (Wildman–Crippen LogP) is 3.02. The summed E-state index contributed by atoms with van der Waals surface area (Å²) in [5, 5.41) is 0. The van der Waals surface area contributed by atoms with Gasteiger partial charge in [-0.1, -0.05) is 37.8 Å². The van der Waals surface area contributed by atoms with Crippen LogP contribution in [0.25, 0.3) is 0 Å². The largest absolute Gasteiger partial charge is 0.298 e. The number of piperazine rings is 1. The van der Waals surface area contributed by atoms with E-state index in [1.807, 2.05) is 19.1 Å². The molecule has 4 nitrogen and oxygen atoms in total. The first-order chi connectivity index (χ1) is 11.1. The van der Waals surface area contributed by atoms with Crippen LogP contribution in [0.2, 0.25) is 0 Å². The fraction of sp³-hybridized carbons (Fsp3) is 0.667. The summed E-state index contributed by atoms with van der Waals surface area (Å²) in [5.41, 5.74) is 0.989. The highest BCUT2D eigenvalue weighted by Crippen LogP contribution is 2.24. The smallest absolute Gasteiger partial charge is 0.243 e. The van der Waals surface area contributed by atoms with Crippen molar-refractivity contribution in [2.24, 2.45) is 0 Å². The van der Waals surface area contributed by atoms with Gasteiger partial charge in [-0.3, -0.25) is 4.90 Å². The molecule has 1 aliphatic carbocycles. The Kier molecular flexibility index (Phi) is 5.39. The molecule has 128 valence electrons. The number of hydrogen-bond donors (Lipinski definition) is 0. The summed E-state index contributed by atoms with van der Waals surface area (Å²) in [4.78, 5) is 2.95. The van der Waals surface area contributed by atoms with Gasteiger partial charge in [-0.2, -0.15) is 4.31 Å². The number of rotatable bonds is 3. The van der Waals surface area contributed by atoms with Gasteiger partial charge in [-0.05, 0) is 37.5 Å². The van der Waals surface area contributed by atoms with Crippen LogP contribution in [-0.2, 0) is 10.0 Å². The van der Waals surface area contributed by atoms with E-state index in [4.69, 9.17) is 0 Å². The highest BCUT2D eigenvalue weighted by atomic mass is 32.2. The van der Waals surface area contributed by atoms with Crippen molar-refractivity contribution in [2.45, 2.75) is 56.4 Å². The molecule has 2 aliphatic rings. The molecule has 1 aromatic carbocycles. The molecule has 0 N–H and O–H groups in total. The Morgan fingerprint density at radius 3 is 2.22 bits per heavy atom. The maximum absolute atomic E-state index is 12.8. The molecule has 0 atom stereocenters. The zero-order valence-electron chi connectivity index (χ0n) is 14.1. The molecule has 23 heavy (non-hydrogen) atoms. The third-order valence-electron chi connectivity index (χ3n) is 5.24. The van der Waals surface area contributed by atoms with E-state index in [0.29, 0.717) is 24.0 Å². The van der Waals surface area contributed by atoms with Gasteiger partial charge in [-0.25, -0.2) is 8.42 Å². The number of sulfonamides is 1. The summed E-state index contributed by atoms with van der Waals surface area (Å²) in [6.07, 6.45) is 7.94. The lowest BCUT2D eigenvalue weighted by molar-refractivity contribution is 0.126. The van der Waals surface area contributed by atoms with Crippen molar-refractivity contribution in [3.63, 3.8) is 0 Å². The molecule has 0 spiro atoms. The highest BCUT2D eigenvalue weighted by molar-refractivity contribution is 7.89. The van der Waals surface area contributed by atoms with Gasteiger partial charge in [0.25, 0.3) is 0 Å². The summed E-state index contributed by atoms with van der Waals surface area (Å²) in [6.45, 7) is 4.91. The lowest BCUT2D eigenvalue weighted by atomic mass is 10.1. The van der Waals surface area contributed by atoms with Crippen molar-refractivity contribution in [3.8, 4) is 0 Å². The summed E-state index contributed by atoms with van der Waals surface area (Å²) < 4.78 is 27.2. The van der Waals surface area contributed by atoms with E-state index < -0.39 is 10.0 Å². The van der Waals surface area contributed by atoms with Gasteiger partial charge in [-0.15, -0.1) is 0 Å². The van der Waals surface area contributed by atoms with E-state index in [2.05, 4.69) is 4.90 Å². The molecule has 1 heterocycles. The minimum Gasteiger partial charge on any atom is -0.298 e. The van der Waals surface area contributed by atoms with Gasteiger partial charge in [0.2, 0.25) is 10.0 Å². The second-order valence-electron chi connectivity index (χ2n) is 6.90. The van der Waals surface area contributed by atoms with Crippen LogP contribution in [0.3, 0.4) is 0 Å². The standard InChI is InChI=1S/C18H28N2O2S/c1-16-7-6-10-18(15-16)23(21,22)20-13-11-19(12-14-20)17-8-4-2-3-5-9-17/h6-7,10,15,17H,2-5,8-9,11-14H2,1H3. The minimum absolute atomic E-state index is 0.431. The van der Waals surface area contributed by atoms with E-state index in [9.17, 15) is 8.42 Å². The average molecular weight is 337 g/mol. The van der Waals surface area contributed by atoms with Crippen LogP contribution in [0.15, 0.2) is 29.2 Å². The first kappa shape index (κ1) is 16.9. The Bertz CT molecular complexity index is 614. The molecule has 0 radical (unpaired) electrons. The van der Waals surface area contributed by atoms with Crippen LogP contribution in [0, 0.1) is 6.92 Å². The third kappa shape index (κ3) is 3.95. The Morgan fingerprint density at radius 1 is 0.957 bits per heavy atom. The average Bonchev–Trinajstić information content (AvgIpc) is 2.84. The summed E-state index contributed by atoms with van der Waals surface area (Å²) in [7, 11) is -3.34. The van der Waals surface area contributed by atoms with E-state index in [-0.39, 0.29) is 0 Å². The Balaban J connectivity index is 1.64. The SMILES string of the molecule is Cc1cccc(S(=O)(=O)N2CCN(C3CCCCCC3)CC2)c1. The maximum atomic E-state index is 12.8. The zero-order chi connectivity index (χ0) is 16.3. The maximum Gasteiger partial charge on any atom is 0.243 e. The minimum atomic E-state index is -3.34. The third-order valence-corrected chi connectivity index (χ3v) is 7.14. The predicted molar refractivity (Wildman–Crippen MR) is 93.0 cm³/mol. The van der Waals surface area contributed by atoms with Crippen molar-refractivity contribution < 1.29 is 8.42 Å². The second-order valence-corrected chi connectivity index (χ2v) is 8.84. The molecule has 0 bridgehead atoms. The monoisotopic (exact) mass is 336 g/mol. The van der Waals surface area contributed by atoms with Crippen molar-refractivity contribution in [1.29, 1.82) is 0 Å². The molecule has 0 aromatic heterocycles. The molecule has 1 saturated carbocycles. The van der Waals surface area contributed by atoms with E-state index in [0.717, 1.165) is 18.7 Å². The second kappa shape index (κ2) is 7.32. The van der Waals surface area contributed by atoms with Gasteiger partial charge in [0.15, 0.2) is 0 Å². The summed E-state index contributed by atoms with van der Waals surface area (Å²) in [5.74, 6) is 0. The van der Waals surface area contributed by atoms with Crippen LogP contribution in [0.1, 0.15) is 44.1 Å². The van der Waals surface area contributed by atoms with Crippen molar-refractivity contribution >= 4 is 10.0 Å². The molecular weight excluding hydrogens is 308 g/mol. The molecule has 5 heteroatoms. The molecule has 1 saturated heterocycles. The fourth-order valence-corrected chi connectivity index (χ4v) is 5.38. The lowest BCUT2D eigenvalue weighted by Crippen LogP contribution is -2.51. The first-order valence-electron chi connectivity index (χ1n) is 8.88. The number of hydrogen-bond acceptors (Lipinski definition) is 3. The number of aryl methyl sites for hydroxylation is 1. The Labute approximate surface area is 140 Å². The number of nitrogens with zero attached hydrogens (tertiary/aromatic N) is 2. The van der Waals surface area contributed by atoms with Gasteiger partial charge in [0, 0.05) is 32.2 Å². The summed E-state index contributed by atoms with van der Waals surface area (Å²) >= 11 is 0. The van der Waals surface area contributed by atoms with Crippen LogP contribution >= 0.6 is 0 Å². The summed E-state index contributed by atoms with van der Waals surface area (Å²) in [6, 6.07) is 7.90. The quantitative estimate of drug-likeness (QED) is 0.797. The van der Waals surface area contributed by atoms with Crippen LogP contribution in [0.4, 0.5) is 0 Å². The van der Waals surface area contributed by atoms with Crippen molar-refractivity contribution in [3.05, 3.63) is 29.8 Å². The fourth-order valence-electron chi connectivity index (χ4n) is 3.86. The van der Waals surface area contributed by atoms with E-state index in [1.165, 1.54) is 38.5 Å². The van der Waals surface area contributed by atoms with Gasteiger partial charge < -0.3 is 0 Å².